The number of anilines is 1. The second-order valence-corrected chi connectivity index (χ2v) is 6.03. The van der Waals surface area contributed by atoms with Gasteiger partial charge in [-0.2, -0.15) is 0 Å². The van der Waals surface area contributed by atoms with E-state index in [2.05, 4.69) is 32.2 Å². The molecule has 0 fully saturated rings. The molecule has 0 aliphatic carbocycles. The van der Waals surface area contributed by atoms with Gasteiger partial charge < -0.3 is 5.32 Å². The third-order valence-corrected chi connectivity index (χ3v) is 3.39. The highest BCUT2D eigenvalue weighted by Gasteiger charge is 2.18. The maximum absolute atomic E-state index is 11.0. The van der Waals surface area contributed by atoms with Crippen molar-refractivity contribution >= 4 is 11.4 Å². The van der Waals surface area contributed by atoms with Crippen molar-refractivity contribution in [2.45, 2.75) is 32.7 Å². The molecule has 0 aliphatic heterocycles. The number of nitro groups is 1. The van der Waals surface area contributed by atoms with Gasteiger partial charge in [-0.15, -0.1) is 0 Å². The van der Waals surface area contributed by atoms with Crippen LogP contribution in [0, 0.1) is 10.1 Å². The van der Waals surface area contributed by atoms with Crippen LogP contribution >= 0.6 is 0 Å². The van der Waals surface area contributed by atoms with E-state index in [4.69, 9.17) is 0 Å². The summed E-state index contributed by atoms with van der Waals surface area (Å²) in [6, 6.07) is 14.9. The summed E-state index contributed by atoms with van der Waals surface area (Å²) in [6.45, 7) is 6.89. The van der Waals surface area contributed by atoms with Crippen molar-refractivity contribution in [1.82, 2.24) is 0 Å². The van der Waals surface area contributed by atoms with Gasteiger partial charge in [0.25, 0.3) is 5.69 Å². The number of hydrogen-bond acceptors (Lipinski definition) is 3. The summed E-state index contributed by atoms with van der Waals surface area (Å²) in [7, 11) is 0. The Kier molecular flexibility index (Phi) is 4.26. The van der Waals surface area contributed by atoms with Crippen molar-refractivity contribution in [2.24, 2.45) is 0 Å². The first-order valence-electron chi connectivity index (χ1n) is 6.95. The summed E-state index contributed by atoms with van der Waals surface area (Å²) >= 11 is 0. The molecule has 0 aromatic heterocycles. The average molecular weight is 284 g/mol. The Morgan fingerprint density at radius 3 is 2.33 bits per heavy atom. The second kappa shape index (κ2) is 5.95. The molecule has 0 aliphatic rings. The van der Waals surface area contributed by atoms with Crippen molar-refractivity contribution in [3.8, 4) is 0 Å². The summed E-state index contributed by atoms with van der Waals surface area (Å²) in [5, 5.41) is 14.4. The third kappa shape index (κ3) is 3.60. The number of nitrogens with zero attached hydrogens (tertiary/aromatic N) is 1. The van der Waals surface area contributed by atoms with Crippen LogP contribution in [0.4, 0.5) is 11.4 Å². The molecule has 21 heavy (non-hydrogen) atoms. The molecular weight excluding hydrogens is 264 g/mol. The molecule has 0 unspecified atom stereocenters. The minimum absolute atomic E-state index is 0.0201. The van der Waals surface area contributed by atoms with Crippen molar-refractivity contribution in [3.63, 3.8) is 0 Å². The average Bonchev–Trinajstić information content (AvgIpc) is 2.44. The van der Waals surface area contributed by atoms with Crippen LogP contribution in [0.5, 0.6) is 0 Å². The quantitative estimate of drug-likeness (QED) is 0.664. The van der Waals surface area contributed by atoms with E-state index in [-0.39, 0.29) is 16.0 Å². The highest BCUT2D eigenvalue weighted by atomic mass is 16.6. The standard InChI is InChI=1S/C17H20N2O2/c1-17(2,3)14-9-5-6-10-15(14)18-12-13-8-4-7-11-16(13)19(20)21/h4-11,18H,12H2,1-3H3. The molecule has 0 radical (unpaired) electrons. The molecule has 2 aromatic rings. The molecule has 0 amide bonds. The third-order valence-electron chi connectivity index (χ3n) is 3.39. The van der Waals surface area contributed by atoms with E-state index in [0.29, 0.717) is 12.1 Å². The minimum Gasteiger partial charge on any atom is -0.380 e. The summed E-state index contributed by atoms with van der Waals surface area (Å²) in [5.41, 5.74) is 3.07. The number of hydrogen-bond donors (Lipinski definition) is 1. The van der Waals surface area contributed by atoms with E-state index in [9.17, 15) is 10.1 Å². The van der Waals surface area contributed by atoms with Gasteiger partial charge in [0.05, 0.1) is 4.92 Å². The van der Waals surface area contributed by atoms with Gasteiger partial charge in [0.2, 0.25) is 0 Å². The lowest BCUT2D eigenvalue weighted by Crippen LogP contribution is -2.15. The summed E-state index contributed by atoms with van der Waals surface area (Å²) in [4.78, 5) is 10.7. The Morgan fingerprint density at radius 1 is 1.05 bits per heavy atom. The van der Waals surface area contributed by atoms with Crippen molar-refractivity contribution in [2.75, 3.05) is 5.32 Å². The number of nitro benzene ring substituents is 1. The van der Waals surface area contributed by atoms with E-state index in [0.717, 1.165) is 5.69 Å². The van der Waals surface area contributed by atoms with E-state index in [1.807, 2.05) is 24.3 Å². The number of benzene rings is 2. The highest BCUT2D eigenvalue weighted by Crippen LogP contribution is 2.30. The molecule has 0 heterocycles. The van der Waals surface area contributed by atoms with Crippen LogP contribution in [0.15, 0.2) is 48.5 Å². The Hall–Kier alpha value is -2.36. The maximum atomic E-state index is 11.0. The van der Waals surface area contributed by atoms with Crippen LogP contribution in [0.3, 0.4) is 0 Å². The van der Waals surface area contributed by atoms with Crippen LogP contribution < -0.4 is 5.32 Å². The molecule has 0 spiro atoms. The monoisotopic (exact) mass is 284 g/mol. The van der Waals surface area contributed by atoms with Crippen LogP contribution in [-0.2, 0) is 12.0 Å². The molecule has 0 saturated heterocycles. The Balaban J connectivity index is 2.24. The maximum Gasteiger partial charge on any atom is 0.274 e. The topological polar surface area (TPSA) is 55.2 Å². The molecule has 0 atom stereocenters. The Bertz CT molecular complexity index is 645. The lowest BCUT2D eigenvalue weighted by Gasteiger charge is -2.23. The van der Waals surface area contributed by atoms with E-state index >= 15 is 0 Å². The fourth-order valence-electron chi connectivity index (χ4n) is 2.32. The summed E-state index contributed by atoms with van der Waals surface area (Å²) in [5.74, 6) is 0. The van der Waals surface area contributed by atoms with Crippen LogP contribution in [0.1, 0.15) is 31.9 Å². The van der Waals surface area contributed by atoms with Crippen molar-refractivity contribution in [3.05, 3.63) is 69.8 Å². The molecule has 1 N–H and O–H groups in total. The van der Waals surface area contributed by atoms with Crippen LogP contribution in [0.2, 0.25) is 0 Å². The molecule has 2 aromatic carbocycles. The zero-order chi connectivity index (χ0) is 15.5. The van der Waals surface area contributed by atoms with E-state index in [1.165, 1.54) is 11.6 Å². The first-order valence-corrected chi connectivity index (χ1v) is 6.95. The van der Waals surface area contributed by atoms with Gasteiger partial charge in [0.15, 0.2) is 0 Å². The molecule has 4 heteroatoms. The highest BCUT2D eigenvalue weighted by molar-refractivity contribution is 5.55. The first kappa shape index (κ1) is 15.0. The van der Waals surface area contributed by atoms with Crippen molar-refractivity contribution in [1.29, 1.82) is 0 Å². The smallest absolute Gasteiger partial charge is 0.274 e. The summed E-state index contributed by atoms with van der Waals surface area (Å²) < 4.78 is 0. The molecule has 0 saturated carbocycles. The van der Waals surface area contributed by atoms with Crippen molar-refractivity contribution < 1.29 is 4.92 Å². The van der Waals surface area contributed by atoms with Gasteiger partial charge in [-0.3, -0.25) is 10.1 Å². The molecular formula is C17H20N2O2. The SMILES string of the molecule is CC(C)(C)c1ccccc1NCc1ccccc1[N+](=O)[O-]. The van der Waals surface area contributed by atoms with Gasteiger partial charge >= 0.3 is 0 Å². The van der Waals surface area contributed by atoms with Crippen LogP contribution in [-0.4, -0.2) is 4.92 Å². The molecule has 4 nitrogen and oxygen atoms in total. The first-order chi connectivity index (χ1) is 9.89. The number of rotatable bonds is 4. The largest absolute Gasteiger partial charge is 0.380 e. The van der Waals surface area contributed by atoms with Gasteiger partial charge in [-0.1, -0.05) is 57.2 Å². The predicted octanol–water partition coefficient (Wildman–Crippen LogP) is 4.50. The molecule has 2 rings (SSSR count). The normalized spacial score (nSPS) is 11.2. The van der Waals surface area contributed by atoms with Gasteiger partial charge in [0.1, 0.15) is 0 Å². The van der Waals surface area contributed by atoms with E-state index in [1.54, 1.807) is 12.1 Å². The molecule has 0 bridgehead atoms. The predicted molar refractivity (Wildman–Crippen MR) is 85.6 cm³/mol. The Morgan fingerprint density at radius 2 is 1.67 bits per heavy atom. The van der Waals surface area contributed by atoms with E-state index < -0.39 is 0 Å². The van der Waals surface area contributed by atoms with Gasteiger partial charge in [-0.25, -0.2) is 0 Å². The van der Waals surface area contributed by atoms with Gasteiger partial charge in [-0.05, 0) is 17.0 Å². The zero-order valence-corrected chi connectivity index (χ0v) is 12.6. The lowest BCUT2D eigenvalue weighted by atomic mass is 9.86. The minimum atomic E-state index is -0.341. The summed E-state index contributed by atoms with van der Waals surface area (Å²) in [6.07, 6.45) is 0. The van der Waals surface area contributed by atoms with Gasteiger partial charge in [0, 0.05) is 23.9 Å². The van der Waals surface area contributed by atoms with Crippen LogP contribution in [0.25, 0.3) is 0 Å². The fraction of sp³-hybridized carbons (Fsp3) is 0.294. The second-order valence-electron chi connectivity index (χ2n) is 6.03. The number of para-hydroxylation sites is 2. The zero-order valence-electron chi connectivity index (χ0n) is 12.6. The Labute approximate surface area is 125 Å². The fourth-order valence-corrected chi connectivity index (χ4v) is 2.32. The lowest BCUT2D eigenvalue weighted by molar-refractivity contribution is -0.385. The number of nitrogens with one attached hydrogen (secondary N) is 1. The molecule has 110 valence electrons.